The zero-order valence-electron chi connectivity index (χ0n) is 11.4. The summed E-state index contributed by atoms with van der Waals surface area (Å²) in [5, 5.41) is 6.17. The Morgan fingerprint density at radius 1 is 1.50 bits per heavy atom. The summed E-state index contributed by atoms with van der Waals surface area (Å²) in [7, 11) is 0. The number of hydrogen-bond acceptors (Lipinski definition) is 2. The molecule has 1 unspecified atom stereocenters. The van der Waals surface area contributed by atoms with Gasteiger partial charge in [-0.05, 0) is 49.9 Å². The largest absolute Gasteiger partial charge is 0.356 e. The highest BCUT2D eigenvalue weighted by atomic mass is 79.9. The maximum atomic E-state index is 13.6. The minimum atomic E-state index is -0.192. The zero-order valence-corrected chi connectivity index (χ0v) is 13.0. The molecule has 0 radical (unpaired) electrons. The third-order valence-corrected chi connectivity index (χ3v) is 4.10. The molecule has 110 valence electrons. The van der Waals surface area contributed by atoms with Gasteiger partial charge in [0.25, 0.3) is 0 Å². The predicted molar refractivity (Wildman–Crippen MR) is 81.0 cm³/mol. The summed E-state index contributed by atoms with van der Waals surface area (Å²) in [5.74, 6) is 0.0174. The summed E-state index contributed by atoms with van der Waals surface area (Å²) in [4.78, 5) is 11.9. The molecule has 1 aromatic rings. The molecule has 1 amide bonds. The first kappa shape index (κ1) is 15.4. The van der Waals surface area contributed by atoms with E-state index in [1.807, 2.05) is 6.07 Å². The molecule has 0 aromatic heterocycles. The van der Waals surface area contributed by atoms with E-state index < -0.39 is 0 Å². The van der Waals surface area contributed by atoms with Crippen LogP contribution >= 0.6 is 15.9 Å². The van der Waals surface area contributed by atoms with Gasteiger partial charge in [0.2, 0.25) is 5.91 Å². The number of amides is 1. The predicted octanol–water partition coefficient (Wildman–Crippen LogP) is 2.64. The van der Waals surface area contributed by atoms with Crippen LogP contribution in [0.1, 0.15) is 24.8 Å². The van der Waals surface area contributed by atoms with Gasteiger partial charge < -0.3 is 10.6 Å². The van der Waals surface area contributed by atoms with Gasteiger partial charge in [-0.3, -0.25) is 4.79 Å². The highest BCUT2D eigenvalue weighted by molar-refractivity contribution is 9.10. The van der Waals surface area contributed by atoms with Crippen LogP contribution in [0.5, 0.6) is 0 Å². The molecule has 0 saturated carbocycles. The summed E-state index contributed by atoms with van der Waals surface area (Å²) in [6, 6.07) is 5.10. The van der Waals surface area contributed by atoms with Crippen molar-refractivity contribution in [2.45, 2.75) is 25.7 Å². The molecule has 1 heterocycles. The van der Waals surface area contributed by atoms with Gasteiger partial charge in [-0.25, -0.2) is 4.39 Å². The van der Waals surface area contributed by atoms with Crippen molar-refractivity contribution in [3.8, 4) is 0 Å². The van der Waals surface area contributed by atoms with Gasteiger partial charge >= 0.3 is 0 Å². The lowest BCUT2D eigenvalue weighted by Crippen LogP contribution is -2.40. The van der Waals surface area contributed by atoms with E-state index >= 15 is 0 Å². The van der Waals surface area contributed by atoms with E-state index in [1.165, 1.54) is 6.07 Å². The lowest BCUT2D eigenvalue weighted by Gasteiger charge is -2.21. The SMILES string of the molecule is O=C(NCCCc1ccc(Br)cc1F)C1CCCNC1. The van der Waals surface area contributed by atoms with E-state index in [9.17, 15) is 9.18 Å². The third-order valence-electron chi connectivity index (χ3n) is 3.60. The van der Waals surface area contributed by atoms with E-state index in [4.69, 9.17) is 0 Å². The quantitative estimate of drug-likeness (QED) is 0.807. The van der Waals surface area contributed by atoms with Crippen molar-refractivity contribution in [3.05, 3.63) is 34.1 Å². The molecule has 1 aliphatic heterocycles. The summed E-state index contributed by atoms with van der Waals surface area (Å²) in [6.45, 7) is 2.38. The number of halogens is 2. The molecule has 2 N–H and O–H groups in total. The molecular weight excluding hydrogens is 323 g/mol. The Hall–Kier alpha value is -0.940. The standard InChI is InChI=1S/C15H20BrFN2O/c16-13-6-5-11(14(17)9-13)3-2-8-19-15(20)12-4-1-7-18-10-12/h5-6,9,12,18H,1-4,7-8,10H2,(H,19,20). The molecule has 1 aliphatic rings. The van der Waals surface area contributed by atoms with Gasteiger partial charge in [0.1, 0.15) is 5.82 Å². The van der Waals surface area contributed by atoms with Gasteiger partial charge in [0.15, 0.2) is 0 Å². The number of hydrogen-bond donors (Lipinski definition) is 2. The highest BCUT2D eigenvalue weighted by Crippen LogP contribution is 2.16. The second kappa shape index (κ2) is 7.74. The van der Waals surface area contributed by atoms with E-state index in [1.54, 1.807) is 6.07 Å². The fourth-order valence-electron chi connectivity index (χ4n) is 2.43. The number of aryl methyl sites for hydroxylation is 1. The molecule has 0 spiro atoms. The molecule has 1 saturated heterocycles. The average molecular weight is 343 g/mol. The van der Waals surface area contributed by atoms with Crippen molar-refractivity contribution < 1.29 is 9.18 Å². The van der Waals surface area contributed by atoms with Gasteiger partial charge in [-0.15, -0.1) is 0 Å². The number of carbonyl (C=O) groups excluding carboxylic acids is 1. The van der Waals surface area contributed by atoms with E-state index in [0.29, 0.717) is 18.5 Å². The van der Waals surface area contributed by atoms with Crippen molar-refractivity contribution in [1.29, 1.82) is 0 Å². The van der Waals surface area contributed by atoms with Crippen molar-refractivity contribution >= 4 is 21.8 Å². The van der Waals surface area contributed by atoms with Crippen molar-refractivity contribution in [2.24, 2.45) is 5.92 Å². The van der Waals surface area contributed by atoms with E-state index in [-0.39, 0.29) is 17.6 Å². The zero-order chi connectivity index (χ0) is 14.4. The van der Waals surface area contributed by atoms with Crippen molar-refractivity contribution in [2.75, 3.05) is 19.6 Å². The molecule has 0 aliphatic carbocycles. The monoisotopic (exact) mass is 342 g/mol. The number of rotatable bonds is 5. The number of carbonyl (C=O) groups is 1. The molecule has 1 fully saturated rings. The lowest BCUT2D eigenvalue weighted by molar-refractivity contribution is -0.125. The Kier molecular flexibility index (Phi) is 5.98. The van der Waals surface area contributed by atoms with Crippen LogP contribution in [0, 0.1) is 11.7 Å². The minimum Gasteiger partial charge on any atom is -0.356 e. The lowest BCUT2D eigenvalue weighted by atomic mass is 9.99. The minimum absolute atomic E-state index is 0.0909. The average Bonchev–Trinajstić information content (AvgIpc) is 2.46. The van der Waals surface area contributed by atoms with Crippen molar-refractivity contribution in [3.63, 3.8) is 0 Å². The van der Waals surface area contributed by atoms with Gasteiger partial charge in [-0.1, -0.05) is 22.0 Å². The normalized spacial score (nSPS) is 18.8. The second-order valence-corrected chi connectivity index (χ2v) is 6.09. The van der Waals surface area contributed by atoms with Crippen LogP contribution in [-0.2, 0) is 11.2 Å². The molecule has 1 aromatic carbocycles. The van der Waals surface area contributed by atoms with Gasteiger partial charge in [0, 0.05) is 17.6 Å². The Balaban J connectivity index is 1.69. The molecule has 1 atom stereocenters. The first-order valence-corrected chi connectivity index (χ1v) is 7.88. The fourth-order valence-corrected chi connectivity index (χ4v) is 2.77. The maximum Gasteiger partial charge on any atom is 0.224 e. The molecule has 20 heavy (non-hydrogen) atoms. The summed E-state index contributed by atoms with van der Waals surface area (Å²) >= 11 is 3.24. The molecule has 5 heteroatoms. The van der Waals surface area contributed by atoms with E-state index in [0.717, 1.165) is 36.8 Å². The fraction of sp³-hybridized carbons (Fsp3) is 0.533. The van der Waals surface area contributed by atoms with Crippen LogP contribution in [0.2, 0.25) is 0 Å². The van der Waals surface area contributed by atoms with Crippen LogP contribution in [0.25, 0.3) is 0 Å². The molecule has 2 rings (SSSR count). The highest BCUT2D eigenvalue weighted by Gasteiger charge is 2.20. The van der Waals surface area contributed by atoms with Crippen LogP contribution in [-0.4, -0.2) is 25.5 Å². The van der Waals surface area contributed by atoms with Gasteiger partial charge in [0.05, 0.1) is 5.92 Å². The van der Waals surface area contributed by atoms with Crippen LogP contribution < -0.4 is 10.6 Å². The first-order valence-electron chi connectivity index (χ1n) is 7.09. The maximum absolute atomic E-state index is 13.6. The Morgan fingerprint density at radius 3 is 3.05 bits per heavy atom. The summed E-state index contributed by atoms with van der Waals surface area (Å²) in [6.07, 6.45) is 3.41. The third kappa shape index (κ3) is 4.56. The molecular formula is C15H20BrFN2O. The molecule has 0 bridgehead atoms. The smallest absolute Gasteiger partial charge is 0.224 e. The molecule has 3 nitrogen and oxygen atoms in total. The number of nitrogens with one attached hydrogen (secondary N) is 2. The Bertz CT molecular complexity index is 461. The number of piperidine rings is 1. The van der Waals surface area contributed by atoms with Gasteiger partial charge in [-0.2, -0.15) is 0 Å². The first-order chi connectivity index (χ1) is 9.66. The van der Waals surface area contributed by atoms with Crippen LogP contribution in [0.15, 0.2) is 22.7 Å². The topological polar surface area (TPSA) is 41.1 Å². The summed E-state index contributed by atoms with van der Waals surface area (Å²) in [5.41, 5.74) is 0.696. The summed E-state index contributed by atoms with van der Waals surface area (Å²) < 4.78 is 14.3. The number of benzene rings is 1. The van der Waals surface area contributed by atoms with E-state index in [2.05, 4.69) is 26.6 Å². The Morgan fingerprint density at radius 2 is 2.35 bits per heavy atom. The second-order valence-electron chi connectivity index (χ2n) is 5.17. The van der Waals surface area contributed by atoms with Crippen LogP contribution in [0.3, 0.4) is 0 Å². The van der Waals surface area contributed by atoms with Crippen molar-refractivity contribution in [1.82, 2.24) is 10.6 Å². The Labute approximate surface area is 127 Å². The van der Waals surface area contributed by atoms with Crippen LogP contribution in [0.4, 0.5) is 4.39 Å².